The molecule has 0 spiro atoms. The lowest BCUT2D eigenvalue weighted by molar-refractivity contribution is -0.141. The summed E-state index contributed by atoms with van der Waals surface area (Å²) in [5.41, 5.74) is 0.675. The topological polar surface area (TPSA) is 76.2 Å². The van der Waals surface area contributed by atoms with Crippen LogP contribution in [0.4, 0.5) is 4.39 Å². The Morgan fingerprint density at radius 1 is 1.30 bits per heavy atom. The van der Waals surface area contributed by atoms with Gasteiger partial charge in [0, 0.05) is 11.5 Å². The highest BCUT2D eigenvalue weighted by Crippen LogP contribution is 2.38. The Kier molecular flexibility index (Phi) is 3.22. The zero-order chi connectivity index (χ0) is 14.1. The molecule has 1 fully saturated rings. The fraction of sp³-hybridized carbons (Fsp3) is 0.357. The third-order valence-electron chi connectivity index (χ3n) is 3.68. The normalized spacial score (nSPS) is 22.1. The maximum atomic E-state index is 12.9. The molecule has 0 bridgehead atoms. The molecule has 20 heavy (non-hydrogen) atoms. The summed E-state index contributed by atoms with van der Waals surface area (Å²) < 4.78 is 18.1. The molecule has 1 N–H and O–H groups in total. The number of aromatic nitrogens is 2. The molecule has 5 nitrogen and oxygen atoms in total. The summed E-state index contributed by atoms with van der Waals surface area (Å²) in [4.78, 5) is 15.2. The van der Waals surface area contributed by atoms with E-state index in [4.69, 9.17) is 9.63 Å². The van der Waals surface area contributed by atoms with Crippen molar-refractivity contribution in [3.05, 3.63) is 36.0 Å². The smallest absolute Gasteiger partial charge is 0.306 e. The van der Waals surface area contributed by atoms with Crippen LogP contribution in [-0.4, -0.2) is 21.2 Å². The minimum absolute atomic E-state index is 0.00204. The molecule has 1 aromatic carbocycles. The van der Waals surface area contributed by atoms with Gasteiger partial charge in [-0.3, -0.25) is 4.79 Å². The second-order valence-electron chi connectivity index (χ2n) is 5.01. The van der Waals surface area contributed by atoms with Crippen LogP contribution in [0.1, 0.15) is 31.1 Å². The van der Waals surface area contributed by atoms with Crippen LogP contribution >= 0.6 is 0 Å². The van der Waals surface area contributed by atoms with Crippen molar-refractivity contribution in [2.24, 2.45) is 5.92 Å². The van der Waals surface area contributed by atoms with Crippen molar-refractivity contribution in [1.29, 1.82) is 0 Å². The average Bonchev–Trinajstić information content (AvgIpc) is 3.08. The van der Waals surface area contributed by atoms with Crippen molar-refractivity contribution in [1.82, 2.24) is 10.1 Å². The average molecular weight is 276 g/mol. The van der Waals surface area contributed by atoms with E-state index in [1.165, 1.54) is 12.1 Å². The highest BCUT2D eigenvalue weighted by molar-refractivity contribution is 5.70. The van der Waals surface area contributed by atoms with E-state index in [0.717, 1.165) is 6.42 Å². The molecule has 1 aromatic heterocycles. The van der Waals surface area contributed by atoms with Gasteiger partial charge in [-0.1, -0.05) is 5.16 Å². The molecule has 6 heteroatoms. The van der Waals surface area contributed by atoms with E-state index in [1.807, 2.05) is 0 Å². The fourth-order valence-electron chi connectivity index (χ4n) is 2.55. The lowest BCUT2D eigenvalue weighted by atomic mass is 10.1. The number of hydrogen-bond donors (Lipinski definition) is 1. The summed E-state index contributed by atoms with van der Waals surface area (Å²) in [5.74, 6) is -0.561. The van der Waals surface area contributed by atoms with Gasteiger partial charge in [-0.15, -0.1) is 0 Å². The summed E-state index contributed by atoms with van der Waals surface area (Å²) >= 11 is 0. The Bertz CT molecular complexity index is 624. The second kappa shape index (κ2) is 5.03. The van der Waals surface area contributed by atoms with E-state index in [-0.39, 0.29) is 17.7 Å². The van der Waals surface area contributed by atoms with Crippen molar-refractivity contribution in [3.63, 3.8) is 0 Å². The number of carboxylic acids is 1. The van der Waals surface area contributed by atoms with E-state index >= 15 is 0 Å². The first kappa shape index (κ1) is 12.8. The van der Waals surface area contributed by atoms with Crippen LogP contribution in [0, 0.1) is 11.7 Å². The van der Waals surface area contributed by atoms with Gasteiger partial charge >= 0.3 is 5.97 Å². The number of halogens is 1. The summed E-state index contributed by atoms with van der Waals surface area (Å²) in [5, 5.41) is 12.9. The van der Waals surface area contributed by atoms with Crippen molar-refractivity contribution < 1.29 is 18.8 Å². The standard InChI is InChI=1S/C14H13FN2O3/c15-11-5-3-8(4-6-11)12-16-13(20-17-12)9-1-2-10(7-9)14(18)19/h3-6,9-10H,1-2,7H2,(H,18,19). The minimum atomic E-state index is -0.772. The first-order valence-corrected chi connectivity index (χ1v) is 6.46. The molecule has 0 amide bonds. The molecule has 2 aromatic rings. The van der Waals surface area contributed by atoms with Gasteiger partial charge in [-0.25, -0.2) is 4.39 Å². The number of rotatable bonds is 3. The molecule has 1 aliphatic rings. The Balaban J connectivity index is 1.77. The number of carbonyl (C=O) groups is 1. The molecule has 1 aliphatic carbocycles. The first-order chi connectivity index (χ1) is 9.63. The van der Waals surface area contributed by atoms with Crippen LogP contribution in [0.3, 0.4) is 0 Å². The molecular formula is C14H13FN2O3. The van der Waals surface area contributed by atoms with Crippen molar-refractivity contribution in [3.8, 4) is 11.4 Å². The molecule has 3 rings (SSSR count). The van der Waals surface area contributed by atoms with E-state index in [2.05, 4.69) is 10.1 Å². The lowest BCUT2D eigenvalue weighted by Crippen LogP contribution is -2.09. The van der Waals surface area contributed by atoms with Gasteiger partial charge in [0.2, 0.25) is 11.7 Å². The SMILES string of the molecule is O=C(O)C1CCC(c2nc(-c3ccc(F)cc3)no2)C1. The predicted molar refractivity (Wildman–Crippen MR) is 67.4 cm³/mol. The molecule has 2 atom stereocenters. The van der Waals surface area contributed by atoms with E-state index in [0.29, 0.717) is 30.1 Å². The first-order valence-electron chi connectivity index (χ1n) is 6.46. The van der Waals surface area contributed by atoms with Crippen molar-refractivity contribution >= 4 is 5.97 Å². The van der Waals surface area contributed by atoms with E-state index in [9.17, 15) is 9.18 Å². The highest BCUT2D eigenvalue weighted by atomic mass is 19.1. The molecule has 1 heterocycles. The number of carboxylic acid groups (broad SMARTS) is 1. The van der Waals surface area contributed by atoms with Gasteiger partial charge in [-0.05, 0) is 43.5 Å². The molecule has 104 valence electrons. The zero-order valence-electron chi connectivity index (χ0n) is 10.6. The number of aliphatic carboxylic acids is 1. The lowest BCUT2D eigenvalue weighted by Gasteiger charge is -2.02. The van der Waals surface area contributed by atoms with Gasteiger partial charge in [0.25, 0.3) is 0 Å². The minimum Gasteiger partial charge on any atom is -0.481 e. The van der Waals surface area contributed by atoms with Crippen LogP contribution in [0.5, 0.6) is 0 Å². The number of nitrogens with zero attached hydrogens (tertiary/aromatic N) is 2. The molecular weight excluding hydrogens is 263 g/mol. The Labute approximate surface area is 114 Å². The number of hydrogen-bond acceptors (Lipinski definition) is 4. The zero-order valence-corrected chi connectivity index (χ0v) is 10.6. The monoisotopic (exact) mass is 276 g/mol. The predicted octanol–water partition coefficient (Wildman–Crippen LogP) is 2.84. The van der Waals surface area contributed by atoms with Gasteiger partial charge in [0.05, 0.1) is 5.92 Å². The van der Waals surface area contributed by atoms with Crippen LogP contribution in [0.2, 0.25) is 0 Å². The largest absolute Gasteiger partial charge is 0.481 e. The highest BCUT2D eigenvalue weighted by Gasteiger charge is 2.33. The van der Waals surface area contributed by atoms with Crippen LogP contribution in [0.25, 0.3) is 11.4 Å². The summed E-state index contributed by atoms with van der Waals surface area (Å²) in [7, 11) is 0. The maximum absolute atomic E-state index is 12.9. The van der Waals surface area contributed by atoms with Crippen LogP contribution < -0.4 is 0 Å². The van der Waals surface area contributed by atoms with Gasteiger partial charge in [0.15, 0.2) is 0 Å². The van der Waals surface area contributed by atoms with Crippen LogP contribution in [0.15, 0.2) is 28.8 Å². The summed E-state index contributed by atoms with van der Waals surface area (Å²) in [6.45, 7) is 0. The Morgan fingerprint density at radius 2 is 2.05 bits per heavy atom. The molecule has 0 radical (unpaired) electrons. The fourth-order valence-corrected chi connectivity index (χ4v) is 2.55. The third kappa shape index (κ3) is 2.41. The van der Waals surface area contributed by atoms with Crippen molar-refractivity contribution in [2.45, 2.75) is 25.2 Å². The van der Waals surface area contributed by atoms with E-state index in [1.54, 1.807) is 12.1 Å². The second-order valence-corrected chi connectivity index (χ2v) is 5.01. The van der Waals surface area contributed by atoms with Crippen molar-refractivity contribution in [2.75, 3.05) is 0 Å². The van der Waals surface area contributed by atoms with Crippen LogP contribution in [-0.2, 0) is 4.79 Å². The Morgan fingerprint density at radius 3 is 2.70 bits per heavy atom. The molecule has 2 unspecified atom stereocenters. The Hall–Kier alpha value is -2.24. The maximum Gasteiger partial charge on any atom is 0.306 e. The van der Waals surface area contributed by atoms with Gasteiger partial charge < -0.3 is 9.63 Å². The quantitative estimate of drug-likeness (QED) is 0.932. The summed E-state index contributed by atoms with van der Waals surface area (Å²) in [6, 6.07) is 5.83. The van der Waals surface area contributed by atoms with Gasteiger partial charge in [-0.2, -0.15) is 4.98 Å². The summed E-state index contributed by atoms with van der Waals surface area (Å²) in [6.07, 6.45) is 1.90. The molecule has 1 saturated carbocycles. The number of benzene rings is 1. The van der Waals surface area contributed by atoms with E-state index < -0.39 is 5.97 Å². The molecule has 0 aliphatic heterocycles. The molecule has 0 saturated heterocycles. The third-order valence-corrected chi connectivity index (χ3v) is 3.68. The van der Waals surface area contributed by atoms with Gasteiger partial charge in [0.1, 0.15) is 5.82 Å².